The summed E-state index contributed by atoms with van der Waals surface area (Å²) < 4.78 is 41.3. The van der Waals surface area contributed by atoms with Crippen LogP contribution in [0.15, 0.2) is 12.2 Å². The highest BCUT2D eigenvalue weighted by molar-refractivity contribution is 5.82. The number of rotatable bonds is 3. The van der Waals surface area contributed by atoms with E-state index in [0.717, 1.165) is 4.90 Å². The maximum Gasteiger partial charge on any atom is 0.471 e. The maximum atomic E-state index is 12.2. The Morgan fingerprint density at radius 3 is 2.37 bits per heavy atom. The minimum absolute atomic E-state index is 0.00156. The van der Waals surface area contributed by atoms with E-state index in [1.54, 1.807) is 13.0 Å². The average molecular weight is 279 g/mol. The van der Waals surface area contributed by atoms with Crippen LogP contribution in [0.25, 0.3) is 0 Å². The summed E-state index contributed by atoms with van der Waals surface area (Å²) in [5.74, 6) is -2.25. The number of carbonyl (C=O) groups excluding carboxylic acids is 2. The lowest BCUT2D eigenvalue weighted by Crippen LogP contribution is -2.45. The first-order valence-corrected chi connectivity index (χ1v) is 6.05. The van der Waals surface area contributed by atoms with Gasteiger partial charge in [0.1, 0.15) is 0 Å². The number of hydrogen-bond acceptors (Lipinski definition) is 3. The van der Waals surface area contributed by atoms with Crippen molar-refractivity contribution in [2.75, 3.05) is 19.7 Å². The smallest absolute Gasteiger partial charge is 0.463 e. The summed E-state index contributed by atoms with van der Waals surface area (Å²) in [6.45, 7) is 2.07. The predicted molar refractivity (Wildman–Crippen MR) is 61.1 cm³/mol. The molecule has 0 bridgehead atoms. The number of carbonyl (C=O) groups is 2. The second-order valence-corrected chi connectivity index (χ2v) is 4.24. The van der Waals surface area contributed by atoms with Gasteiger partial charge >= 0.3 is 18.1 Å². The minimum atomic E-state index is -4.81. The molecule has 0 aromatic heterocycles. The fraction of sp³-hybridized carbons (Fsp3) is 0.667. The first-order chi connectivity index (χ1) is 8.84. The Morgan fingerprint density at radius 2 is 1.89 bits per heavy atom. The van der Waals surface area contributed by atoms with Crippen LogP contribution in [-0.2, 0) is 14.3 Å². The summed E-state index contributed by atoms with van der Waals surface area (Å²) in [5.41, 5.74) is 0. The molecule has 0 unspecified atom stereocenters. The summed E-state index contributed by atoms with van der Waals surface area (Å²) in [6.07, 6.45) is -1.06. The highest BCUT2D eigenvalue weighted by Gasteiger charge is 2.43. The van der Waals surface area contributed by atoms with Gasteiger partial charge < -0.3 is 9.64 Å². The van der Waals surface area contributed by atoms with Gasteiger partial charge in [-0.05, 0) is 25.7 Å². The van der Waals surface area contributed by atoms with Crippen molar-refractivity contribution in [1.29, 1.82) is 0 Å². The standard InChI is InChI=1S/C12H16F3NO3/c1-2-19-10(17)4-3-9-5-7-16(8-6-9)11(18)12(13,14)15/h3-4,9H,2,5-8H2,1H3/b4-3+. The Labute approximate surface area is 109 Å². The molecule has 19 heavy (non-hydrogen) atoms. The molecule has 0 aromatic rings. The fourth-order valence-electron chi connectivity index (χ4n) is 1.88. The van der Waals surface area contributed by atoms with Crippen LogP contribution in [0, 0.1) is 5.92 Å². The normalized spacial score (nSPS) is 17.8. The number of piperidine rings is 1. The topological polar surface area (TPSA) is 46.6 Å². The molecule has 0 radical (unpaired) electrons. The Balaban J connectivity index is 2.41. The van der Waals surface area contributed by atoms with Crippen molar-refractivity contribution in [3.63, 3.8) is 0 Å². The molecule has 1 fully saturated rings. The lowest BCUT2D eigenvalue weighted by Gasteiger charge is -2.31. The molecular weight excluding hydrogens is 263 g/mol. The Morgan fingerprint density at radius 1 is 1.32 bits per heavy atom. The van der Waals surface area contributed by atoms with Crippen LogP contribution in [-0.4, -0.2) is 42.6 Å². The second-order valence-electron chi connectivity index (χ2n) is 4.24. The minimum Gasteiger partial charge on any atom is -0.463 e. The van der Waals surface area contributed by atoms with Crippen molar-refractivity contribution in [3.05, 3.63) is 12.2 Å². The molecule has 1 aliphatic rings. The maximum absolute atomic E-state index is 12.2. The van der Waals surface area contributed by atoms with E-state index in [1.165, 1.54) is 6.08 Å². The molecule has 7 heteroatoms. The Hall–Kier alpha value is -1.53. The summed E-state index contributed by atoms with van der Waals surface area (Å²) in [5, 5.41) is 0. The van der Waals surface area contributed by atoms with Gasteiger partial charge in [-0.1, -0.05) is 6.08 Å². The monoisotopic (exact) mass is 279 g/mol. The van der Waals surface area contributed by atoms with Gasteiger partial charge in [0.25, 0.3) is 0 Å². The third-order valence-electron chi connectivity index (χ3n) is 2.86. The van der Waals surface area contributed by atoms with E-state index < -0.39 is 18.1 Å². The van der Waals surface area contributed by atoms with Crippen molar-refractivity contribution in [2.24, 2.45) is 5.92 Å². The third kappa shape index (κ3) is 4.92. The fourth-order valence-corrected chi connectivity index (χ4v) is 1.88. The molecule has 0 aliphatic carbocycles. The first kappa shape index (κ1) is 15.5. The average Bonchev–Trinajstić information content (AvgIpc) is 2.35. The van der Waals surface area contributed by atoms with E-state index in [1.807, 2.05) is 0 Å². The lowest BCUT2D eigenvalue weighted by molar-refractivity contribution is -0.186. The molecule has 108 valence electrons. The van der Waals surface area contributed by atoms with Crippen molar-refractivity contribution in [1.82, 2.24) is 4.90 Å². The number of nitrogens with zero attached hydrogens (tertiary/aromatic N) is 1. The molecule has 1 heterocycles. The molecule has 0 aromatic carbocycles. The van der Waals surface area contributed by atoms with Crippen LogP contribution in [0.3, 0.4) is 0 Å². The highest BCUT2D eigenvalue weighted by Crippen LogP contribution is 2.24. The van der Waals surface area contributed by atoms with Crippen LogP contribution in [0.1, 0.15) is 19.8 Å². The van der Waals surface area contributed by atoms with Crippen molar-refractivity contribution >= 4 is 11.9 Å². The number of likely N-dealkylation sites (tertiary alicyclic amines) is 1. The Bertz CT molecular complexity index is 358. The number of amides is 1. The van der Waals surface area contributed by atoms with Gasteiger partial charge in [0.2, 0.25) is 0 Å². The molecule has 1 rings (SSSR count). The number of ether oxygens (including phenoxy) is 1. The van der Waals surface area contributed by atoms with Crippen molar-refractivity contribution in [3.8, 4) is 0 Å². The number of esters is 1. The predicted octanol–water partition coefficient (Wildman–Crippen LogP) is 1.91. The second kappa shape index (κ2) is 6.58. The van der Waals surface area contributed by atoms with Crippen LogP contribution < -0.4 is 0 Å². The molecule has 0 spiro atoms. The summed E-state index contributed by atoms with van der Waals surface area (Å²) in [6, 6.07) is 0. The van der Waals surface area contributed by atoms with Crippen LogP contribution >= 0.6 is 0 Å². The van der Waals surface area contributed by atoms with Crippen LogP contribution in [0.2, 0.25) is 0 Å². The SMILES string of the molecule is CCOC(=O)/C=C/C1CCN(C(=O)C(F)(F)F)CC1. The van der Waals surface area contributed by atoms with Gasteiger partial charge in [0, 0.05) is 19.2 Å². The zero-order valence-electron chi connectivity index (χ0n) is 10.6. The largest absolute Gasteiger partial charge is 0.471 e. The molecule has 4 nitrogen and oxygen atoms in total. The number of halogens is 3. The van der Waals surface area contributed by atoms with Crippen LogP contribution in [0.4, 0.5) is 13.2 Å². The van der Waals surface area contributed by atoms with Gasteiger partial charge in [-0.15, -0.1) is 0 Å². The van der Waals surface area contributed by atoms with Gasteiger partial charge in [0.05, 0.1) is 6.61 Å². The van der Waals surface area contributed by atoms with Gasteiger partial charge in [-0.25, -0.2) is 4.79 Å². The van der Waals surface area contributed by atoms with Crippen molar-refractivity contribution < 1.29 is 27.5 Å². The molecule has 1 amide bonds. The van der Waals surface area contributed by atoms with E-state index in [9.17, 15) is 22.8 Å². The molecular formula is C12H16F3NO3. The first-order valence-electron chi connectivity index (χ1n) is 6.05. The number of alkyl halides is 3. The zero-order chi connectivity index (χ0) is 14.5. The summed E-state index contributed by atoms with van der Waals surface area (Å²) in [4.78, 5) is 22.9. The van der Waals surface area contributed by atoms with E-state index >= 15 is 0 Å². The zero-order valence-corrected chi connectivity index (χ0v) is 10.6. The van der Waals surface area contributed by atoms with Crippen molar-refractivity contribution in [2.45, 2.75) is 25.9 Å². The third-order valence-corrected chi connectivity index (χ3v) is 2.86. The molecule has 0 saturated carbocycles. The lowest BCUT2D eigenvalue weighted by atomic mass is 9.96. The van der Waals surface area contributed by atoms with Gasteiger partial charge in [-0.3, -0.25) is 4.79 Å². The molecule has 0 N–H and O–H groups in total. The molecule has 1 aliphatic heterocycles. The molecule has 0 atom stereocenters. The molecule has 1 saturated heterocycles. The summed E-state index contributed by atoms with van der Waals surface area (Å²) >= 11 is 0. The quantitative estimate of drug-likeness (QED) is 0.585. The van der Waals surface area contributed by atoms with E-state index in [2.05, 4.69) is 0 Å². The van der Waals surface area contributed by atoms with Crippen LogP contribution in [0.5, 0.6) is 0 Å². The van der Waals surface area contributed by atoms with E-state index in [0.29, 0.717) is 12.8 Å². The highest BCUT2D eigenvalue weighted by atomic mass is 19.4. The van der Waals surface area contributed by atoms with E-state index in [-0.39, 0.29) is 25.6 Å². The van der Waals surface area contributed by atoms with Gasteiger partial charge in [-0.2, -0.15) is 13.2 Å². The van der Waals surface area contributed by atoms with Gasteiger partial charge in [0.15, 0.2) is 0 Å². The Kier molecular flexibility index (Phi) is 5.38. The number of allylic oxidation sites excluding steroid dienone is 1. The van der Waals surface area contributed by atoms with E-state index in [4.69, 9.17) is 4.74 Å². The summed E-state index contributed by atoms with van der Waals surface area (Å²) in [7, 11) is 0. The number of hydrogen-bond donors (Lipinski definition) is 0.